The van der Waals surface area contributed by atoms with Crippen LogP contribution in [0.3, 0.4) is 0 Å². The van der Waals surface area contributed by atoms with Gasteiger partial charge in [0.05, 0.1) is 6.33 Å². The fourth-order valence-corrected chi connectivity index (χ4v) is 1.54. The Balaban J connectivity index is 1.90. The largest absolute Gasteiger partial charge is 0.356 e. The second kappa shape index (κ2) is 8.69. The number of aromatic nitrogens is 2. The lowest BCUT2D eigenvalue weighted by Gasteiger charge is -2.08. The van der Waals surface area contributed by atoms with Crippen LogP contribution in [-0.2, 0) is 11.3 Å². The molecule has 1 aromatic rings. The number of carbonyl (C=O) groups excluding carboxylic acids is 1. The van der Waals surface area contributed by atoms with Crippen molar-refractivity contribution in [3.05, 3.63) is 18.7 Å². The Morgan fingerprint density at radius 3 is 2.89 bits per heavy atom. The van der Waals surface area contributed by atoms with Gasteiger partial charge in [-0.3, -0.25) is 4.79 Å². The van der Waals surface area contributed by atoms with Crippen molar-refractivity contribution in [1.29, 1.82) is 0 Å². The molecule has 0 spiro atoms. The van der Waals surface area contributed by atoms with Gasteiger partial charge < -0.3 is 15.2 Å². The van der Waals surface area contributed by atoms with E-state index in [0.29, 0.717) is 12.3 Å². The Bertz CT molecular complexity index is 322. The van der Waals surface area contributed by atoms with E-state index in [4.69, 9.17) is 0 Å². The third kappa shape index (κ3) is 7.06. The molecule has 0 saturated carbocycles. The zero-order valence-electron chi connectivity index (χ0n) is 11.4. The molecule has 102 valence electrons. The maximum Gasteiger partial charge on any atom is 0.221 e. The van der Waals surface area contributed by atoms with E-state index in [1.807, 2.05) is 12.5 Å². The van der Waals surface area contributed by atoms with Crippen LogP contribution in [0.4, 0.5) is 0 Å². The third-order valence-corrected chi connectivity index (χ3v) is 2.57. The smallest absolute Gasteiger partial charge is 0.221 e. The molecule has 2 N–H and O–H groups in total. The Kier molecular flexibility index (Phi) is 7.10. The summed E-state index contributed by atoms with van der Waals surface area (Å²) in [5.41, 5.74) is 0. The summed E-state index contributed by atoms with van der Waals surface area (Å²) in [6, 6.07) is 0. The van der Waals surface area contributed by atoms with Crippen molar-refractivity contribution in [2.75, 3.05) is 19.6 Å². The molecule has 1 rings (SSSR count). The monoisotopic (exact) mass is 252 g/mol. The molecule has 0 aliphatic heterocycles. The number of amides is 1. The fraction of sp³-hybridized carbons (Fsp3) is 0.692. The SMILES string of the molecule is CC(C)CNC(=O)CCNCCCn1ccnc1. The van der Waals surface area contributed by atoms with Gasteiger partial charge in [0.25, 0.3) is 0 Å². The first kappa shape index (κ1) is 14.7. The van der Waals surface area contributed by atoms with E-state index in [2.05, 4.69) is 34.0 Å². The molecular weight excluding hydrogens is 228 g/mol. The van der Waals surface area contributed by atoms with E-state index in [-0.39, 0.29) is 5.91 Å². The molecule has 0 aliphatic rings. The number of aryl methyl sites for hydroxylation is 1. The van der Waals surface area contributed by atoms with Crippen molar-refractivity contribution in [2.24, 2.45) is 5.92 Å². The van der Waals surface area contributed by atoms with Gasteiger partial charge >= 0.3 is 0 Å². The highest BCUT2D eigenvalue weighted by molar-refractivity contribution is 5.76. The normalized spacial score (nSPS) is 10.8. The van der Waals surface area contributed by atoms with Gasteiger partial charge in [0, 0.05) is 38.4 Å². The lowest BCUT2D eigenvalue weighted by molar-refractivity contribution is -0.121. The third-order valence-electron chi connectivity index (χ3n) is 2.57. The number of rotatable bonds is 9. The quantitative estimate of drug-likeness (QED) is 0.645. The van der Waals surface area contributed by atoms with Gasteiger partial charge in [0.15, 0.2) is 0 Å². The van der Waals surface area contributed by atoms with Crippen molar-refractivity contribution in [1.82, 2.24) is 20.2 Å². The van der Waals surface area contributed by atoms with Crippen LogP contribution in [-0.4, -0.2) is 35.1 Å². The van der Waals surface area contributed by atoms with E-state index < -0.39 is 0 Å². The maximum absolute atomic E-state index is 11.4. The highest BCUT2D eigenvalue weighted by Gasteiger charge is 2.01. The van der Waals surface area contributed by atoms with Crippen LogP contribution in [0.15, 0.2) is 18.7 Å². The summed E-state index contributed by atoms with van der Waals surface area (Å²) < 4.78 is 2.05. The second-order valence-corrected chi connectivity index (χ2v) is 4.85. The van der Waals surface area contributed by atoms with Gasteiger partial charge in [0.1, 0.15) is 0 Å². The van der Waals surface area contributed by atoms with Crippen molar-refractivity contribution >= 4 is 5.91 Å². The van der Waals surface area contributed by atoms with Gasteiger partial charge in [-0.25, -0.2) is 4.98 Å². The number of hydrogen-bond acceptors (Lipinski definition) is 3. The number of hydrogen-bond donors (Lipinski definition) is 2. The summed E-state index contributed by atoms with van der Waals surface area (Å²) in [7, 11) is 0. The molecule has 0 fully saturated rings. The van der Waals surface area contributed by atoms with E-state index in [1.54, 1.807) is 6.20 Å². The molecule has 0 bridgehead atoms. The fourth-order valence-electron chi connectivity index (χ4n) is 1.54. The van der Waals surface area contributed by atoms with Gasteiger partial charge in [-0.1, -0.05) is 13.8 Å². The molecule has 0 aliphatic carbocycles. The molecule has 0 unspecified atom stereocenters. The Morgan fingerprint density at radius 2 is 2.22 bits per heavy atom. The first-order valence-corrected chi connectivity index (χ1v) is 6.61. The Labute approximate surface area is 109 Å². The number of nitrogens with zero attached hydrogens (tertiary/aromatic N) is 2. The molecule has 18 heavy (non-hydrogen) atoms. The average molecular weight is 252 g/mol. The minimum Gasteiger partial charge on any atom is -0.356 e. The van der Waals surface area contributed by atoms with E-state index in [0.717, 1.165) is 32.6 Å². The van der Waals surface area contributed by atoms with Crippen LogP contribution >= 0.6 is 0 Å². The Morgan fingerprint density at radius 1 is 1.39 bits per heavy atom. The van der Waals surface area contributed by atoms with Crippen molar-refractivity contribution < 1.29 is 4.79 Å². The predicted octanol–water partition coefficient (Wildman–Crippen LogP) is 1.03. The highest BCUT2D eigenvalue weighted by atomic mass is 16.1. The van der Waals surface area contributed by atoms with Crippen LogP contribution in [0.5, 0.6) is 0 Å². The molecule has 5 heteroatoms. The number of carbonyl (C=O) groups is 1. The van der Waals surface area contributed by atoms with Crippen LogP contribution in [0.25, 0.3) is 0 Å². The molecule has 5 nitrogen and oxygen atoms in total. The first-order valence-electron chi connectivity index (χ1n) is 6.61. The van der Waals surface area contributed by atoms with Crippen molar-refractivity contribution in [2.45, 2.75) is 33.2 Å². The summed E-state index contributed by atoms with van der Waals surface area (Å²) in [6.07, 6.45) is 7.16. The van der Waals surface area contributed by atoms with Crippen LogP contribution in [0.1, 0.15) is 26.7 Å². The molecule has 1 heterocycles. The summed E-state index contributed by atoms with van der Waals surface area (Å²) in [4.78, 5) is 15.4. The van der Waals surface area contributed by atoms with Gasteiger partial charge in [0.2, 0.25) is 5.91 Å². The molecule has 1 aromatic heterocycles. The van der Waals surface area contributed by atoms with E-state index in [9.17, 15) is 4.79 Å². The molecule has 0 atom stereocenters. The van der Waals surface area contributed by atoms with Crippen LogP contribution in [0, 0.1) is 5.92 Å². The summed E-state index contributed by atoms with van der Waals surface area (Å²) in [6.45, 7) is 7.58. The van der Waals surface area contributed by atoms with Crippen LogP contribution < -0.4 is 10.6 Å². The molecular formula is C13H24N4O. The number of nitrogens with one attached hydrogen (secondary N) is 2. The summed E-state index contributed by atoms with van der Waals surface area (Å²) in [5, 5.41) is 6.18. The van der Waals surface area contributed by atoms with Gasteiger partial charge in [-0.15, -0.1) is 0 Å². The average Bonchev–Trinajstić information content (AvgIpc) is 2.84. The summed E-state index contributed by atoms with van der Waals surface area (Å²) in [5.74, 6) is 0.642. The Hall–Kier alpha value is -1.36. The molecule has 0 saturated heterocycles. The van der Waals surface area contributed by atoms with Gasteiger partial charge in [-0.05, 0) is 18.9 Å². The molecule has 0 radical (unpaired) electrons. The predicted molar refractivity (Wildman–Crippen MR) is 72.2 cm³/mol. The lowest BCUT2D eigenvalue weighted by atomic mass is 10.2. The molecule has 0 aromatic carbocycles. The van der Waals surface area contributed by atoms with Crippen molar-refractivity contribution in [3.63, 3.8) is 0 Å². The second-order valence-electron chi connectivity index (χ2n) is 4.85. The maximum atomic E-state index is 11.4. The zero-order chi connectivity index (χ0) is 13.2. The minimum atomic E-state index is 0.130. The lowest BCUT2D eigenvalue weighted by Crippen LogP contribution is -2.30. The summed E-state index contributed by atoms with van der Waals surface area (Å²) >= 11 is 0. The van der Waals surface area contributed by atoms with E-state index >= 15 is 0 Å². The van der Waals surface area contributed by atoms with Gasteiger partial charge in [-0.2, -0.15) is 0 Å². The van der Waals surface area contributed by atoms with Crippen molar-refractivity contribution in [3.8, 4) is 0 Å². The topological polar surface area (TPSA) is 59.0 Å². The van der Waals surface area contributed by atoms with Crippen LogP contribution in [0.2, 0.25) is 0 Å². The molecule has 1 amide bonds. The minimum absolute atomic E-state index is 0.130. The number of imidazole rings is 1. The zero-order valence-corrected chi connectivity index (χ0v) is 11.4. The first-order chi connectivity index (χ1) is 8.68. The highest BCUT2D eigenvalue weighted by Crippen LogP contribution is 1.90. The van der Waals surface area contributed by atoms with E-state index in [1.165, 1.54) is 0 Å². The standard InChI is InChI=1S/C13H24N4O/c1-12(2)10-16-13(18)4-6-14-5-3-8-17-9-7-15-11-17/h7,9,11-12,14H,3-6,8,10H2,1-2H3,(H,16,18).